The lowest BCUT2D eigenvalue weighted by molar-refractivity contribution is -0.144. The molecular formula is C42H61N7O11. The van der Waals surface area contributed by atoms with Crippen molar-refractivity contribution in [2.24, 2.45) is 23.5 Å². The summed E-state index contributed by atoms with van der Waals surface area (Å²) >= 11 is 0. The van der Waals surface area contributed by atoms with Crippen molar-refractivity contribution in [1.29, 1.82) is 0 Å². The van der Waals surface area contributed by atoms with Crippen LogP contribution in [0.15, 0.2) is 54.6 Å². The fourth-order valence-electron chi connectivity index (χ4n) is 6.13. The highest BCUT2D eigenvalue weighted by Crippen LogP contribution is 2.14. The largest absolute Gasteiger partial charge is 0.508 e. The normalized spacial score (nSPS) is 14.6. The molecule has 2 aromatic carbocycles. The van der Waals surface area contributed by atoms with Crippen LogP contribution in [0.1, 0.15) is 78.4 Å². The van der Waals surface area contributed by atoms with E-state index in [0.29, 0.717) is 24.0 Å². The lowest BCUT2D eigenvalue weighted by Gasteiger charge is -2.27. The van der Waals surface area contributed by atoms with Gasteiger partial charge in [0.25, 0.3) is 0 Å². The van der Waals surface area contributed by atoms with Crippen molar-refractivity contribution in [3.05, 3.63) is 65.7 Å². The Bertz CT molecular complexity index is 1770. The molecule has 2 rings (SSSR count). The highest BCUT2D eigenvalue weighted by molar-refractivity contribution is 5.97. The predicted octanol–water partition coefficient (Wildman–Crippen LogP) is 0.743. The Morgan fingerprint density at radius 1 is 0.600 bits per heavy atom. The Morgan fingerprint density at radius 3 is 1.62 bits per heavy atom. The molecule has 0 bridgehead atoms. The van der Waals surface area contributed by atoms with E-state index in [4.69, 9.17) is 5.73 Å². The quantitative estimate of drug-likeness (QED) is 0.0663. The maximum absolute atomic E-state index is 14.1. The SMILES string of the molecule is CC[C@H](C)[C@H](NC(=O)[C@@H](N)CC(C)C)C(=O)NCC(=O)N[C@@H](Cc1ccc(O)cc1)C(=O)N[C@@H](Cc1ccccc1)C(=O)N[C@@H](CC(=O)O)C(=O)N[C@@H](CC(C)C)C(=O)O. The molecule has 0 fully saturated rings. The Hall–Kier alpha value is -6.04. The van der Waals surface area contributed by atoms with Gasteiger partial charge in [-0.1, -0.05) is 90.4 Å². The smallest absolute Gasteiger partial charge is 0.326 e. The number of benzene rings is 2. The number of nitrogens with one attached hydrogen (secondary N) is 6. The first-order valence-electron chi connectivity index (χ1n) is 20.0. The maximum Gasteiger partial charge on any atom is 0.326 e. The second kappa shape index (κ2) is 24.8. The molecule has 18 heteroatoms. The molecule has 0 saturated carbocycles. The average Bonchev–Trinajstić information content (AvgIpc) is 3.17. The minimum Gasteiger partial charge on any atom is -0.508 e. The van der Waals surface area contributed by atoms with Crippen LogP contribution >= 0.6 is 0 Å². The zero-order valence-electron chi connectivity index (χ0n) is 35.0. The molecule has 0 spiro atoms. The lowest BCUT2D eigenvalue weighted by atomic mass is 9.97. The number of carboxylic acids is 2. The first-order chi connectivity index (χ1) is 28.2. The number of rotatable bonds is 25. The Balaban J connectivity index is 2.38. The summed E-state index contributed by atoms with van der Waals surface area (Å²) in [4.78, 5) is 104. The molecule has 0 aromatic heterocycles. The number of nitrogens with two attached hydrogens (primary N) is 1. The molecule has 60 heavy (non-hydrogen) atoms. The number of aliphatic carboxylic acids is 2. The van der Waals surface area contributed by atoms with E-state index in [1.54, 1.807) is 51.1 Å². The summed E-state index contributed by atoms with van der Waals surface area (Å²) < 4.78 is 0. The van der Waals surface area contributed by atoms with E-state index in [2.05, 4.69) is 31.9 Å². The van der Waals surface area contributed by atoms with Crippen LogP contribution in [0.4, 0.5) is 0 Å². The molecule has 0 unspecified atom stereocenters. The molecule has 0 aliphatic carbocycles. The van der Waals surface area contributed by atoms with Crippen LogP contribution in [0.2, 0.25) is 0 Å². The van der Waals surface area contributed by atoms with Gasteiger partial charge < -0.3 is 53.0 Å². The van der Waals surface area contributed by atoms with E-state index >= 15 is 0 Å². The van der Waals surface area contributed by atoms with Gasteiger partial charge in [-0.2, -0.15) is 0 Å². The van der Waals surface area contributed by atoms with E-state index in [-0.39, 0.29) is 42.8 Å². The second-order valence-electron chi connectivity index (χ2n) is 15.8. The van der Waals surface area contributed by atoms with E-state index in [9.17, 15) is 53.7 Å². The van der Waals surface area contributed by atoms with Gasteiger partial charge in [-0.3, -0.25) is 33.6 Å². The second-order valence-corrected chi connectivity index (χ2v) is 15.8. The topological polar surface area (TPSA) is 295 Å². The molecule has 6 amide bonds. The van der Waals surface area contributed by atoms with E-state index in [0.717, 1.165) is 0 Å². The molecule has 0 saturated heterocycles. The van der Waals surface area contributed by atoms with Crippen molar-refractivity contribution in [3.63, 3.8) is 0 Å². The monoisotopic (exact) mass is 839 g/mol. The summed E-state index contributed by atoms with van der Waals surface area (Å²) in [5, 5.41) is 44.1. The van der Waals surface area contributed by atoms with Gasteiger partial charge >= 0.3 is 11.9 Å². The first-order valence-corrected chi connectivity index (χ1v) is 20.0. The van der Waals surface area contributed by atoms with E-state index in [1.807, 2.05) is 20.8 Å². The number of carbonyl (C=O) groups excluding carboxylic acids is 6. The Kier molecular flexibility index (Phi) is 20.7. The van der Waals surface area contributed by atoms with Gasteiger partial charge in [-0.05, 0) is 53.9 Å². The summed E-state index contributed by atoms with van der Waals surface area (Å²) in [6, 6.07) is 6.42. The summed E-state index contributed by atoms with van der Waals surface area (Å²) in [7, 11) is 0. The Morgan fingerprint density at radius 2 is 1.10 bits per heavy atom. The minimum absolute atomic E-state index is 0.0292. The van der Waals surface area contributed by atoms with Gasteiger partial charge in [0.05, 0.1) is 19.0 Å². The molecule has 0 aliphatic rings. The molecule has 7 atom stereocenters. The van der Waals surface area contributed by atoms with Crippen LogP contribution in [0.3, 0.4) is 0 Å². The Labute approximate surface area is 350 Å². The van der Waals surface area contributed by atoms with Crippen LogP contribution in [0.25, 0.3) is 0 Å². The number of aromatic hydroxyl groups is 1. The number of hydrogen-bond acceptors (Lipinski definition) is 10. The molecule has 11 N–H and O–H groups in total. The van der Waals surface area contributed by atoms with Crippen molar-refractivity contribution in [3.8, 4) is 5.75 Å². The molecule has 18 nitrogen and oxygen atoms in total. The van der Waals surface area contributed by atoms with Crippen molar-refractivity contribution < 1.29 is 53.7 Å². The van der Waals surface area contributed by atoms with Gasteiger partial charge in [0.15, 0.2) is 0 Å². The number of carboxylic acid groups (broad SMARTS) is 2. The van der Waals surface area contributed by atoms with Crippen LogP contribution in [0.5, 0.6) is 5.75 Å². The maximum atomic E-state index is 14.1. The number of amides is 6. The first kappa shape index (κ1) is 50.1. The van der Waals surface area contributed by atoms with E-state index < -0.39 is 96.6 Å². The highest BCUT2D eigenvalue weighted by atomic mass is 16.4. The zero-order valence-corrected chi connectivity index (χ0v) is 35.0. The molecule has 0 heterocycles. The van der Waals surface area contributed by atoms with E-state index in [1.165, 1.54) is 24.3 Å². The minimum atomic E-state index is -1.73. The van der Waals surface area contributed by atoms with Gasteiger partial charge in [0.2, 0.25) is 35.4 Å². The van der Waals surface area contributed by atoms with Crippen LogP contribution in [0, 0.1) is 17.8 Å². The third kappa shape index (κ3) is 17.8. The molecule has 0 aliphatic heterocycles. The predicted molar refractivity (Wildman–Crippen MR) is 221 cm³/mol. The number of carbonyl (C=O) groups is 8. The van der Waals surface area contributed by atoms with Crippen molar-refractivity contribution in [2.45, 2.75) is 116 Å². The van der Waals surface area contributed by atoms with Gasteiger partial charge in [-0.25, -0.2) is 4.79 Å². The van der Waals surface area contributed by atoms with Crippen molar-refractivity contribution in [2.75, 3.05) is 6.54 Å². The summed E-state index contributed by atoms with van der Waals surface area (Å²) in [5.41, 5.74) is 7.09. The third-order valence-electron chi connectivity index (χ3n) is 9.56. The molecule has 2 aromatic rings. The molecular weight excluding hydrogens is 779 g/mol. The molecule has 330 valence electrons. The summed E-state index contributed by atoms with van der Waals surface area (Å²) in [6.07, 6.45) is -0.271. The molecule has 0 radical (unpaired) electrons. The van der Waals surface area contributed by atoms with Crippen LogP contribution in [-0.4, -0.2) is 105 Å². The van der Waals surface area contributed by atoms with Gasteiger partial charge in [-0.15, -0.1) is 0 Å². The van der Waals surface area contributed by atoms with Crippen LogP contribution < -0.4 is 37.6 Å². The van der Waals surface area contributed by atoms with Crippen molar-refractivity contribution >= 4 is 47.4 Å². The van der Waals surface area contributed by atoms with Gasteiger partial charge in [0.1, 0.15) is 36.0 Å². The zero-order chi connectivity index (χ0) is 45.1. The highest BCUT2D eigenvalue weighted by Gasteiger charge is 2.34. The average molecular weight is 840 g/mol. The standard InChI is InChI=1S/C42H61N7O11/c1-7-25(6)36(49-37(54)29(43)17-23(2)3)41(58)44-22-34(51)45-30(20-27-13-15-28(50)16-14-27)38(55)46-31(19-26-11-9-8-10-12-26)39(56)47-32(21-35(52)53)40(57)48-33(42(59)60)18-24(4)5/h8-16,23-25,29-33,36,50H,7,17-22,43H2,1-6H3,(H,44,58)(H,45,51)(H,46,55)(H,47,56)(H,48,57)(H,49,54)(H,52,53)(H,59,60)/t25-,29-,30-,31-,32-,33-,36-/m0/s1. The fraction of sp³-hybridized carbons (Fsp3) is 0.524. The number of phenols is 1. The third-order valence-corrected chi connectivity index (χ3v) is 9.56. The number of phenolic OH excluding ortho intramolecular Hbond substituents is 1. The lowest BCUT2D eigenvalue weighted by Crippen LogP contribution is -2.59. The fourth-order valence-corrected chi connectivity index (χ4v) is 6.13. The van der Waals surface area contributed by atoms with Gasteiger partial charge in [0, 0.05) is 12.8 Å². The number of hydrogen-bond donors (Lipinski definition) is 10. The van der Waals surface area contributed by atoms with Crippen molar-refractivity contribution in [1.82, 2.24) is 31.9 Å². The summed E-state index contributed by atoms with van der Waals surface area (Å²) in [6.45, 7) is 10.3. The van der Waals surface area contributed by atoms with Crippen LogP contribution in [-0.2, 0) is 51.2 Å². The summed E-state index contributed by atoms with van der Waals surface area (Å²) in [5.74, 6) is -8.09.